The number of fused-ring (bicyclic) bond motifs is 1. The molecule has 0 spiro atoms. The first kappa shape index (κ1) is 13.4. The summed E-state index contributed by atoms with van der Waals surface area (Å²) in [6.45, 7) is 3.95. The number of H-pyrrole nitrogens is 1. The molecule has 0 atom stereocenters. The average molecular weight is 283 g/mol. The number of ether oxygens (including phenoxy) is 1. The van der Waals surface area contributed by atoms with Gasteiger partial charge in [0.15, 0.2) is 11.5 Å². The molecule has 2 N–H and O–H groups in total. The van der Waals surface area contributed by atoms with Gasteiger partial charge in [0.2, 0.25) is 0 Å². The maximum absolute atomic E-state index is 7.54. The fourth-order valence-corrected chi connectivity index (χ4v) is 2.19. The van der Waals surface area contributed by atoms with Crippen molar-refractivity contribution in [3.63, 3.8) is 0 Å². The molecule has 0 saturated heterocycles. The second-order valence-electron chi connectivity index (χ2n) is 5.45. The molecule has 3 aromatic rings. The second-order valence-corrected chi connectivity index (χ2v) is 5.45. The Kier molecular flexibility index (Phi) is 3.01. The van der Waals surface area contributed by atoms with Gasteiger partial charge in [-0.1, -0.05) is 12.1 Å². The Morgan fingerprint density at radius 1 is 1.29 bits per heavy atom. The quantitative estimate of drug-likeness (QED) is 0.722. The van der Waals surface area contributed by atoms with Gasteiger partial charge in [0.05, 0.1) is 12.7 Å². The van der Waals surface area contributed by atoms with Crippen LogP contribution in [0.3, 0.4) is 0 Å². The normalized spacial score (nSPS) is 11.8. The van der Waals surface area contributed by atoms with E-state index >= 15 is 0 Å². The van der Waals surface area contributed by atoms with E-state index < -0.39 is 0 Å². The predicted octanol–water partition coefficient (Wildman–Crippen LogP) is 2.66. The standard InChI is InChI=1S/C15H17N5O/c1-15(2,9-16)12-8-13-17-18-14(20(13)19-12)10-6-4-5-7-11(10)21-3/h4-9,16,19H,1-3H3. The molecule has 0 aliphatic heterocycles. The molecule has 0 aliphatic rings. The highest BCUT2D eigenvalue weighted by Crippen LogP contribution is 2.29. The number of nitrogens with one attached hydrogen (secondary N) is 2. The van der Waals surface area contributed by atoms with Crippen molar-refractivity contribution < 1.29 is 4.74 Å². The van der Waals surface area contributed by atoms with Crippen LogP contribution in [0.25, 0.3) is 17.0 Å². The number of methoxy groups -OCH3 is 1. The maximum atomic E-state index is 7.54. The van der Waals surface area contributed by atoms with Crippen LogP contribution >= 0.6 is 0 Å². The lowest BCUT2D eigenvalue weighted by Gasteiger charge is -2.15. The lowest BCUT2D eigenvalue weighted by molar-refractivity contribution is 0.416. The van der Waals surface area contributed by atoms with Crippen molar-refractivity contribution in [3.8, 4) is 17.1 Å². The summed E-state index contributed by atoms with van der Waals surface area (Å²) in [7, 11) is 1.63. The van der Waals surface area contributed by atoms with Crippen LogP contribution in [0.1, 0.15) is 19.5 Å². The SMILES string of the molecule is COc1ccccc1-c1nnc2cc(C(C)(C)C=N)[nH]n12. The van der Waals surface area contributed by atoms with Gasteiger partial charge in [-0.2, -0.15) is 0 Å². The van der Waals surface area contributed by atoms with Crippen LogP contribution in [0, 0.1) is 5.41 Å². The Morgan fingerprint density at radius 2 is 2.05 bits per heavy atom. The van der Waals surface area contributed by atoms with Gasteiger partial charge in [0, 0.05) is 23.4 Å². The number of rotatable bonds is 4. The zero-order valence-electron chi connectivity index (χ0n) is 12.2. The molecule has 2 aromatic heterocycles. The lowest BCUT2D eigenvalue weighted by Crippen LogP contribution is -2.19. The minimum atomic E-state index is -0.376. The number of nitrogens with zero attached hydrogens (tertiary/aromatic N) is 3. The predicted molar refractivity (Wildman–Crippen MR) is 81.1 cm³/mol. The van der Waals surface area contributed by atoms with E-state index in [4.69, 9.17) is 10.1 Å². The van der Waals surface area contributed by atoms with Crippen molar-refractivity contribution in [2.75, 3.05) is 7.11 Å². The number of para-hydroxylation sites is 1. The largest absolute Gasteiger partial charge is 0.496 e. The molecule has 3 rings (SSSR count). The molecule has 1 aromatic carbocycles. The molecule has 0 unspecified atom stereocenters. The Morgan fingerprint density at radius 3 is 2.76 bits per heavy atom. The number of aromatic amines is 1. The molecular formula is C15H17N5O. The van der Waals surface area contributed by atoms with Crippen molar-refractivity contribution in [2.24, 2.45) is 0 Å². The maximum Gasteiger partial charge on any atom is 0.187 e. The van der Waals surface area contributed by atoms with Crippen molar-refractivity contribution in [2.45, 2.75) is 19.3 Å². The average Bonchev–Trinajstić information content (AvgIpc) is 3.07. The van der Waals surface area contributed by atoms with Crippen molar-refractivity contribution in [1.82, 2.24) is 19.8 Å². The van der Waals surface area contributed by atoms with Crippen LogP contribution in [0.15, 0.2) is 30.3 Å². The van der Waals surface area contributed by atoms with Gasteiger partial charge in [0.25, 0.3) is 0 Å². The van der Waals surface area contributed by atoms with Crippen LogP contribution in [0.4, 0.5) is 0 Å². The van der Waals surface area contributed by atoms with E-state index in [0.717, 1.165) is 22.7 Å². The number of hydrogen-bond donors (Lipinski definition) is 2. The highest BCUT2D eigenvalue weighted by atomic mass is 16.5. The van der Waals surface area contributed by atoms with Gasteiger partial charge < -0.3 is 10.1 Å². The molecule has 0 fully saturated rings. The zero-order chi connectivity index (χ0) is 15.0. The third-order valence-electron chi connectivity index (χ3n) is 3.60. The Balaban J connectivity index is 2.18. The molecule has 21 heavy (non-hydrogen) atoms. The summed E-state index contributed by atoms with van der Waals surface area (Å²) in [5.41, 5.74) is 2.13. The molecule has 0 saturated carbocycles. The fourth-order valence-electron chi connectivity index (χ4n) is 2.19. The summed E-state index contributed by atoms with van der Waals surface area (Å²) < 4.78 is 7.20. The van der Waals surface area contributed by atoms with E-state index in [1.165, 1.54) is 6.21 Å². The van der Waals surface area contributed by atoms with Gasteiger partial charge >= 0.3 is 0 Å². The first-order valence-corrected chi connectivity index (χ1v) is 6.66. The monoisotopic (exact) mass is 283 g/mol. The second kappa shape index (κ2) is 4.73. The van der Waals surface area contributed by atoms with Crippen LogP contribution in [-0.4, -0.2) is 33.1 Å². The zero-order valence-corrected chi connectivity index (χ0v) is 12.2. The summed E-state index contributed by atoms with van der Waals surface area (Å²) in [4.78, 5) is 0. The Labute approximate surface area is 122 Å². The Bertz CT molecular complexity index is 799. The molecule has 108 valence electrons. The van der Waals surface area contributed by atoms with Crippen LogP contribution < -0.4 is 4.74 Å². The Hall–Kier alpha value is -2.63. The van der Waals surface area contributed by atoms with Crippen LogP contribution in [-0.2, 0) is 5.41 Å². The number of aromatic nitrogens is 4. The van der Waals surface area contributed by atoms with E-state index in [-0.39, 0.29) is 5.41 Å². The first-order valence-electron chi connectivity index (χ1n) is 6.66. The van der Waals surface area contributed by atoms with E-state index in [1.54, 1.807) is 7.11 Å². The molecule has 0 aliphatic carbocycles. The van der Waals surface area contributed by atoms with E-state index in [0.29, 0.717) is 5.82 Å². The highest BCUT2D eigenvalue weighted by molar-refractivity contribution is 5.71. The van der Waals surface area contributed by atoms with E-state index in [9.17, 15) is 0 Å². The highest BCUT2D eigenvalue weighted by Gasteiger charge is 2.22. The van der Waals surface area contributed by atoms with Crippen molar-refractivity contribution in [3.05, 3.63) is 36.0 Å². The van der Waals surface area contributed by atoms with Crippen LogP contribution in [0.5, 0.6) is 5.75 Å². The number of hydrogen-bond acceptors (Lipinski definition) is 4. The molecule has 0 radical (unpaired) electrons. The molecule has 0 bridgehead atoms. The molecule has 6 nitrogen and oxygen atoms in total. The van der Waals surface area contributed by atoms with Gasteiger partial charge in [-0.25, -0.2) is 4.52 Å². The van der Waals surface area contributed by atoms with E-state index in [1.807, 2.05) is 48.7 Å². The third kappa shape index (κ3) is 2.08. The number of benzene rings is 1. The summed E-state index contributed by atoms with van der Waals surface area (Å²) in [5.74, 6) is 1.43. The van der Waals surface area contributed by atoms with Gasteiger partial charge in [-0.3, -0.25) is 5.10 Å². The summed E-state index contributed by atoms with van der Waals surface area (Å²) in [5, 5.41) is 19.2. The minimum absolute atomic E-state index is 0.376. The molecule has 0 amide bonds. The topological polar surface area (TPSA) is 79.1 Å². The van der Waals surface area contributed by atoms with Crippen molar-refractivity contribution in [1.29, 1.82) is 5.41 Å². The van der Waals surface area contributed by atoms with Gasteiger partial charge in [0.1, 0.15) is 5.75 Å². The van der Waals surface area contributed by atoms with E-state index in [2.05, 4.69) is 15.3 Å². The molecular weight excluding hydrogens is 266 g/mol. The first-order chi connectivity index (χ1) is 10.1. The van der Waals surface area contributed by atoms with Gasteiger partial charge in [-0.05, 0) is 26.0 Å². The fraction of sp³-hybridized carbons (Fsp3) is 0.267. The lowest BCUT2D eigenvalue weighted by atomic mass is 9.91. The summed E-state index contributed by atoms with van der Waals surface area (Å²) >= 11 is 0. The summed E-state index contributed by atoms with van der Waals surface area (Å²) in [6, 6.07) is 9.60. The molecule has 6 heteroatoms. The third-order valence-corrected chi connectivity index (χ3v) is 3.60. The van der Waals surface area contributed by atoms with Gasteiger partial charge in [-0.15, -0.1) is 10.2 Å². The molecule has 2 heterocycles. The van der Waals surface area contributed by atoms with Crippen molar-refractivity contribution >= 4 is 11.9 Å². The van der Waals surface area contributed by atoms with Crippen LogP contribution in [0.2, 0.25) is 0 Å². The smallest absolute Gasteiger partial charge is 0.187 e. The summed E-state index contributed by atoms with van der Waals surface area (Å²) in [6.07, 6.45) is 1.41. The minimum Gasteiger partial charge on any atom is -0.496 e.